The fraction of sp³-hybridized carbons (Fsp3) is 0.111. The van der Waals surface area contributed by atoms with Crippen LogP contribution in [0.4, 0.5) is 4.39 Å². The van der Waals surface area contributed by atoms with Crippen molar-refractivity contribution in [3.05, 3.63) is 74.8 Å². The zero-order valence-electron chi connectivity index (χ0n) is 13.2. The lowest BCUT2D eigenvalue weighted by molar-refractivity contribution is 0.0937. The van der Waals surface area contributed by atoms with Crippen molar-refractivity contribution in [2.75, 3.05) is 0 Å². The molecule has 0 saturated carbocycles. The number of ether oxygens (including phenoxy) is 1. The summed E-state index contributed by atoms with van der Waals surface area (Å²) in [4.78, 5) is 17.8. The maximum absolute atomic E-state index is 13.2. The van der Waals surface area contributed by atoms with E-state index in [1.807, 2.05) is 24.4 Å². The van der Waals surface area contributed by atoms with Crippen molar-refractivity contribution >= 4 is 33.2 Å². The number of hydrogen-bond acceptors (Lipinski definition) is 4. The largest absolute Gasteiger partial charge is 0.437 e. The smallest absolute Gasteiger partial charge is 0.257 e. The fourth-order valence-corrected chi connectivity index (χ4v) is 3.36. The number of halogens is 2. The van der Waals surface area contributed by atoms with Gasteiger partial charge in [0.25, 0.3) is 5.91 Å². The van der Waals surface area contributed by atoms with Gasteiger partial charge < -0.3 is 10.1 Å². The standard InChI is InChI=1S/C18H14BrFN2O2S/c1-11(16-5-3-9-25-16)22-17(23)13-4-2-8-21-18(13)24-15-7-6-12(20)10-14(15)19/h2-11H,1H3,(H,22,23). The lowest BCUT2D eigenvalue weighted by Gasteiger charge is -2.14. The molecule has 0 aliphatic rings. The fourth-order valence-electron chi connectivity index (χ4n) is 2.19. The van der Waals surface area contributed by atoms with E-state index >= 15 is 0 Å². The Labute approximate surface area is 156 Å². The normalized spacial score (nSPS) is 11.8. The van der Waals surface area contributed by atoms with E-state index in [0.29, 0.717) is 15.8 Å². The molecular weight excluding hydrogens is 407 g/mol. The van der Waals surface area contributed by atoms with Gasteiger partial charge in [0.05, 0.1) is 10.5 Å². The number of thiophene rings is 1. The van der Waals surface area contributed by atoms with Crippen LogP contribution < -0.4 is 10.1 Å². The van der Waals surface area contributed by atoms with Crippen LogP contribution in [0.1, 0.15) is 28.2 Å². The monoisotopic (exact) mass is 420 g/mol. The molecule has 1 N–H and O–H groups in total. The Bertz CT molecular complexity index is 887. The maximum atomic E-state index is 13.2. The number of carbonyl (C=O) groups is 1. The Morgan fingerprint density at radius 1 is 1.32 bits per heavy atom. The molecule has 1 amide bonds. The average Bonchev–Trinajstić information content (AvgIpc) is 3.12. The summed E-state index contributed by atoms with van der Waals surface area (Å²) in [5.41, 5.74) is 0.308. The van der Waals surface area contributed by atoms with E-state index < -0.39 is 0 Å². The number of benzene rings is 1. The first kappa shape index (κ1) is 17.6. The van der Waals surface area contributed by atoms with Gasteiger partial charge >= 0.3 is 0 Å². The molecular formula is C18H14BrFN2O2S. The third kappa shape index (κ3) is 4.24. The number of rotatable bonds is 5. The quantitative estimate of drug-likeness (QED) is 0.606. The first-order chi connectivity index (χ1) is 12.0. The van der Waals surface area contributed by atoms with Gasteiger partial charge in [-0.2, -0.15) is 0 Å². The second-order valence-corrected chi connectivity index (χ2v) is 7.08. The zero-order valence-corrected chi connectivity index (χ0v) is 15.6. The molecule has 1 unspecified atom stereocenters. The number of nitrogens with zero attached hydrogens (tertiary/aromatic N) is 1. The number of pyridine rings is 1. The van der Waals surface area contributed by atoms with Crippen molar-refractivity contribution in [2.45, 2.75) is 13.0 Å². The molecule has 3 aromatic rings. The van der Waals surface area contributed by atoms with Crippen molar-refractivity contribution in [1.82, 2.24) is 10.3 Å². The number of amides is 1. The Balaban J connectivity index is 1.81. The lowest BCUT2D eigenvalue weighted by Crippen LogP contribution is -2.26. The summed E-state index contributed by atoms with van der Waals surface area (Å²) in [6.07, 6.45) is 1.53. The summed E-state index contributed by atoms with van der Waals surface area (Å²) < 4.78 is 19.4. The van der Waals surface area contributed by atoms with Gasteiger partial charge in [-0.1, -0.05) is 6.07 Å². The minimum Gasteiger partial charge on any atom is -0.437 e. The summed E-state index contributed by atoms with van der Waals surface area (Å²) in [5.74, 6) is -0.142. The minimum atomic E-state index is -0.386. The predicted molar refractivity (Wildman–Crippen MR) is 98.6 cm³/mol. The summed E-state index contributed by atoms with van der Waals surface area (Å²) in [7, 11) is 0. The molecule has 4 nitrogen and oxygen atoms in total. The molecule has 0 aliphatic carbocycles. The van der Waals surface area contributed by atoms with Gasteiger partial charge in [0, 0.05) is 11.1 Å². The van der Waals surface area contributed by atoms with Crippen molar-refractivity contribution in [1.29, 1.82) is 0 Å². The number of aromatic nitrogens is 1. The number of nitrogens with one attached hydrogen (secondary N) is 1. The molecule has 0 spiro atoms. The molecule has 2 aromatic heterocycles. The van der Waals surface area contributed by atoms with Crippen LogP contribution in [0, 0.1) is 5.82 Å². The molecule has 128 valence electrons. The van der Waals surface area contributed by atoms with Crippen LogP contribution in [-0.4, -0.2) is 10.9 Å². The van der Waals surface area contributed by atoms with E-state index in [1.165, 1.54) is 24.4 Å². The van der Waals surface area contributed by atoms with Crippen molar-refractivity contribution in [2.24, 2.45) is 0 Å². The first-order valence-corrected chi connectivity index (χ1v) is 9.14. The lowest BCUT2D eigenvalue weighted by atomic mass is 10.2. The Morgan fingerprint density at radius 2 is 2.16 bits per heavy atom. The Hall–Kier alpha value is -2.25. The molecule has 0 saturated heterocycles. The van der Waals surface area contributed by atoms with Gasteiger partial charge in [0.2, 0.25) is 5.88 Å². The van der Waals surface area contributed by atoms with Gasteiger partial charge in [0.15, 0.2) is 0 Å². The van der Waals surface area contributed by atoms with Crippen LogP contribution in [0.15, 0.2) is 58.5 Å². The van der Waals surface area contributed by atoms with Crippen LogP contribution in [0.2, 0.25) is 0 Å². The first-order valence-electron chi connectivity index (χ1n) is 7.47. The molecule has 25 heavy (non-hydrogen) atoms. The van der Waals surface area contributed by atoms with Crippen LogP contribution >= 0.6 is 27.3 Å². The third-order valence-electron chi connectivity index (χ3n) is 3.43. The molecule has 1 atom stereocenters. The van der Waals surface area contributed by atoms with Crippen LogP contribution in [-0.2, 0) is 0 Å². The summed E-state index contributed by atoms with van der Waals surface area (Å²) in [6, 6.07) is 11.1. The molecule has 3 rings (SSSR count). The molecule has 0 radical (unpaired) electrons. The number of hydrogen-bond donors (Lipinski definition) is 1. The highest BCUT2D eigenvalue weighted by Crippen LogP contribution is 2.31. The van der Waals surface area contributed by atoms with Gasteiger partial charge in [-0.25, -0.2) is 9.37 Å². The highest BCUT2D eigenvalue weighted by Gasteiger charge is 2.18. The van der Waals surface area contributed by atoms with Gasteiger partial charge in [-0.3, -0.25) is 4.79 Å². The van der Waals surface area contributed by atoms with Crippen LogP contribution in [0.5, 0.6) is 11.6 Å². The summed E-state index contributed by atoms with van der Waals surface area (Å²) in [6.45, 7) is 1.91. The average molecular weight is 421 g/mol. The molecule has 2 heterocycles. The van der Waals surface area contributed by atoms with E-state index in [1.54, 1.807) is 23.5 Å². The van der Waals surface area contributed by atoms with Crippen molar-refractivity contribution in [3.63, 3.8) is 0 Å². The van der Waals surface area contributed by atoms with Crippen molar-refractivity contribution < 1.29 is 13.9 Å². The molecule has 0 fully saturated rings. The van der Waals surface area contributed by atoms with Crippen molar-refractivity contribution in [3.8, 4) is 11.6 Å². The van der Waals surface area contributed by atoms with E-state index in [2.05, 4.69) is 26.2 Å². The maximum Gasteiger partial charge on any atom is 0.257 e. The second-order valence-electron chi connectivity index (χ2n) is 5.24. The van der Waals surface area contributed by atoms with Gasteiger partial charge in [-0.15, -0.1) is 11.3 Å². The van der Waals surface area contributed by atoms with Crippen LogP contribution in [0.25, 0.3) is 0 Å². The summed E-state index contributed by atoms with van der Waals surface area (Å²) >= 11 is 4.82. The molecule has 1 aromatic carbocycles. The van der Waals surface area contributed by atoms with E-state index in [9.17, 15) is 9.18 Å². The van der Waals surface area contributed by atoms with Crippen LogP contribution in [0.3, 0.4) is 0 Å². The highest BCUT2D eigenvalue weighted by atomic mass is 79.9. The highest BCUT2D eigenvalue weighted by molar-refractivity contribution is 9.10. The zero-order chi connectivity index (χ0) is 17.8. The molecule has 0 aliphatic heterocycles. The summed E-state index contributed by atoms with van der Waals surface area (Å²) in [5, 5.41) is 4.89. The molecule has 7 heteroatoms. The minimum absolute atomic E-state index is 0.127. The second kappa shape index (κ2) is 7.76. The predicted octanol–water partition coefficient (Wildman–Crippen LogP) is 5.33. The SMILES string of the molecule is CC(NC(=O)c1cccnc1Oc1ccc(F)cc1Br)c1cccs1. The number of carbonyl (C=O) groups excluding carboxylic acids is 1. The van der Waals surface area contributed by atoms with Gasteiger partial charge in [0.1, 0.15) is 17.1 Å². The van der Waals surface area contributed by atoms with E-state index in [4.69, 9.17) is 4.74 Å². The molecule has 0 bridgehead atoms. The Morgan fingerprint density at radius 3 is 2.88 bits per heavy atom. The van der Waals surface area contributed by atoms with E-state index in [0.717, 1.165) is 4.88 Å². The topological polar surface area (TPSA) is 51.2 Å². The third-order valence-corrected chi connectivity index (χ3v) is 5.11. The van der Waals surface area contributed by atoms with Gasteiger partial charge in [-0.05, 0) is 64.6 Å². The Kier molecular flexibility index (Phi) is 5.45. The van der Waals surface area contributed by atoms with E-state index in [-0.39, 0.29) is 23.6 Å².